The van der Waals surface area contributed by atoms with E-state index < -0.39 is 23.0 Å². The zero-order valence-electron chi connectivity index (χ0n) is 20.9. The zero-order chi connectivity index (χ0) is 25.2. The van der Waals surface area contributed by atoms with Crippen LogP contribution in [-0.4, -0.2) is 32.9 Å². The number of hydrogen-bond donors (Lipinski definition) is 1. The summed E-state index contributed by atoms with van der Waals surface area (Å²) >= 11 is 0. The summed E-state index contributed by atoms with van der Waals surface area (Å²) in [5, 5.41) is 10.6. The number of likely N-dealkylation sites (tertiary alicyclic amines) is 1. The van der Waals surface area contributed by atoms with E-state index in [2.05, 4.69) is 4.90 Å². The van der Waals surface area contributed by atoms with Gasteiger partial charge in [0.2, 0.25) is 5.91 Å². The number of benzene rings is 3. The van der Waals surface area contributed by atoms with Crippen molar-refractivity contribution in [3.63, 3.8) is 0 Å². The summed E-state index contributed by atoms with van der Waals surface area (Å²) in [6.45, 7) is 8.62. The molecular weight excluding hydrogens is 436 g/mol. The van der Waals surface area contributed by atoms with Crippen LogP contribution in [0.5, 0.6) is 0 Å². The fourth-order valence-electron chi connectivity index (χ4n) is 5.39. The smallest absolute Gasteiger partial charge is 0.323 e. The lowest BCUT2D eigenvalue weighted by Crippen LogP contribution is -2.80. The Bertz CT molecular complexity index is 1120. The number of carboxylic acid groups (broad SMARTS) is 1. The fourth-order valence-corrected chi connectivity index (χ4v) is 5.39. The van der Waals surface area contributed by atoms with Crippen molar-refractivity contribution in [2.24, 2.45) is 10.8 Å². The SMILES string of the molecule is CC(c1ccccc1)N1C(=O)C(C(=O)O)(C(C)(C)C)C1N(Cc1ccccc1)Cc1ccccc1. The van der Waals surface area contributed by atoms with Crippen LogP contribution < -0.4 is 0 Å². The summed E-state index contributed by atoms with van der Waals surface area (Å²) in [5.74, 6) is -1.40. The first-order valence-electron chi connectivity index (χ1n) is 12.1. The summed E-state index contributed by atoms with van der Waals surface area (Å²) in [6, 6.07) is 29.6. The number of hydrogen-bond acceptors (Lipinski definition) is 3. The van der Waals surface area contributed by atoms with Crippen molar-refractivity contribution in [3.8, 4) is 0 Å². The molecule has 1 fully saturated rings. The van der Waals surface area contributed by atoms with E-state index in [0.717, 1.165) is 16.7 Å². The molecule has 1 heterocycles. The normalized spacial score (nSPS) is 21.0. The van der Waals surface area contributed by atoms with Crippen LogP contribution in [0.15, 0.2) is 91.0 Å². The third-order valence-corrected chi connectivity index (χ3v) is 7.25. The predicted octanol–water partition coefficient (Wildman–Crippen LogP) is 5.74. The molecule has 5 heteroatoms. The quantitative estimate of drug-likeness (QED) is 0.337. The number of carboxylic acids is 1. The van der Waals surface area contributed by atoms with Gasteiger partial charge in [0.15, 0.2) is 5.41 Å². The van der Waals surface area contributed by atoms with E-state index >= 15 is 0 Å². The minimum absolute atomic E-state index is 0.266. The fraction of sp³-hybridized carbons (Fsp3) is 0.333. The lowest BCUT2D eigenvalue weighted by Gasteiger charge is -2.63. The summed E-state index contributed by atoms with van der Waals surface area (Å²) < 4.78 is 0. The van der Waals surface area contributed by atoms with Crippen LogP contribution in [0, 0.1) is 10.8 Å². The van der Waals surface area contributed by atoms with Crippen LogP contribution in [0.1, 0.15) is 50.4 Å². The molecular formula is C30H34N2O3. The van der Waals surface area contributed by atoms with Crippen molar-refractivity contribution in [1.82, 2.24) is 9.80 Å². The molecule has 0 aliphatic carbocycles. The molecule has 1 saturated heterocycles. The van der Waals surface area contributed by atoms with Crippen LogP contribution in [0.4, 0.5) is 0 Å². The first kappa shape index (κ1) is 24.7. The molecule has 1 aliphatic rings. The Kier molecular flexibility index (Phi) is 6.82. The van der Waals surface area contributed by atoms with Crippen molar-refractivity contribution < 1.29 is 14.7 Å². The summed E-state index contributed by atoms with van der Waals surface area (Å²) in [6.07, 6.45) is -0.622. The van der Waals surface area contributed by atoms with Gasteiger partial charge in [-0.25, -0.2) is 0 Å². The number of rotatable bonds is 8. The van der Waals surface area contributed by atoms with Crippen LogP contribution >= 0.6 is 0 Å². The van der Waals surface area contributed by atoms with Gasteiger partial charge in [0, 0.05) is 13.1 Å². The van der Waals surface area contributed by atoms with E-state index in [1.165, 1.54) is 0 Å². The van der Waals surface area contributed by atoms with Gasteiger partial charge in [-0.2, -0.15) is 0 Å². The highest BCUT2D eigenvalue weighted by Gasteiger charge is 2.73. The predicted molar refractivity (Wildman–Crippen MR) is 137 cm³/mol. The lowest BCUT2D eigenvalue weighted by atomic mass is 9.57. The second-order valence-electron chi connectivity index (χ2n) is 10.4. The van der Waals surface area contributed by atoms with Crippen molar-refractivity contribution in [1.29, 1.82) is 0 Å². The third kappa shape index (κ3) is 4.37. The molecule has 3 unspecified atom stereocenters. The highest BCUT2D eigenvalue weighted by atomic mass is 16.4. The molecule has 3 aromatic carbocycles. The van der Waals surface area contributed by atoms with E-state index in [0.29, 0.717) is 13.1 Å². The molecule has 0 saturated carbocycles. The molecule has 3 atom stereocenters. The Morgan fingerprint density at radius 1 is 0.886 bits per heavy atom. The first-order chi connectivity index (χ1) is 16.7. The first-order valence-corrected chi connectivity index (χ1v) is 12.1. The Hall–Kier alpha value is -3.44. The van der Waals surface area contributed by atoms with E-state index in [1.807, 2.05) is 119 Å². The highest BCUT2D eigenvalue weighted by Crippen LogP contribution is 2.56. The van der Waals surface area contributed by atoms with Gasteiger partial charge in [-0.15, -0.1) is 0 Å². The van der Waals surface area contributed by atoms with Crippen LogP contribution in [-0.2, 0) is 22.7 Å². The van der Waals surface area contributed by atoms with E-state index in [1.54, 1.807) is 4.90 Å². The van der Waals surface area contributed by atoms with Crippen molar-refractivity contribution in [2.75, 3.05) is 0 Å². The maximum atomic E-state index is 13.9. The number of aliphatic carboxylic acids is 1. The van der Waals surface area contributed by atoms with Crippen molar-refractivity contribution in [3.05, 3.63) is 108 Å². The second-order valence-corrected chi connectivity index (χ2v) is 10.4. The number of carbonyl (C=O) groups is 2. The Labute approximate surface area is 208 Å². The average Bonchev–Trinajstić information content (AvgIpc) is 2.83. The van der Waals surface area contributed by atoms with Gasteiger partial charge >= 0.3 is 5.97 Å². The Morgan fingerprint density at radius 2 is 1.31 bits per heavy atom. The summed E-state index contributed by atoms with van der Waals surface area (Å²) in [7, 11) is 0. The zero-order valence-corrected chi connectivity index (χ0v) is 20.9. The molecule has 35 heavy (non-hydrogen) atoms. The summed E-state index contributed by atoms with van der Waals surface area (Å²) in [5.41, 5.74) is 0.767. The van der Waals surface area contributed by atoms with Gasteiger partial charge in [0.05, 0.1) is 6.04 Å². The van der Waals surface area contributed by atoms with Crippen molar-refractivity contribution >= 4 is 11.9 Å². The molecule has 3 aromatic rings. The molecule has 0 aromatic heterocycles. The van der Waals surface area contributed by atoms with Gasteiger partial charge in [-0.05, 0) is 29.0 Å². The van der Waals surface area contributed by atoms with Gasteiger partial charge in [0.25, 0.3) is 0 Å². The molecule has 1 N–H and O–H groups in total. The number of carbonyl (C=O) groups excluding carboxylic acids is 1. The maximum absolute atomic E-state index is 13.9. The van der Waals surface area contributed by atoms with Crippen LogP contribution in [0.25, 0.3) is 0 Å². The molecule has 0 spiro atoms. The molecule has 0 radical (unpaired) electrons. The van der Waals surface area contributed by atoms with E-state index in [-0.39, 0.29) is 11.9 Å². The van der Waals surface area contributed by atoms with Gasteiger partial charge in [-0.1, -0.05) is 112 Å². The van der Waals surface area contributed by atoms with Gasteiger partial charge in [-0.3, -0.25) is 14.5 Å². The maximum Gasteiger partial charge on any atom is 0.323 e. The number of β-lactam (4-membered cyclic amide) rings is 1. The van der Waals surface area contributed by atoms with E-state index in [9.17, 15) is 14.7 Å². The Morgan fingerprint density at radius 3 is 1.71 bits per heavy atom. The second kappa shape index (κ2) is 9.67. The summed E-state index contributed by atoms with van der Waals surface area (Å²) in [4.78, 5) is 30.9. The largest absolute Gasteiger partial charge is 0.480 e. The monoisotopic (exact) mass is 470 g/mol. The van der Waals surface area contributed by atoms with Crippen LogP contribution in [0.2, 0.25) is 0 Å². The minimum atomic E-state index is -1.57. The van der Waals surface area contributed by atoms with Gasteiger partial charge in [0.1, 0.15) is 6.17 Å². The van der Waals surface area contributed by atoms with Crippen molar-refractivity contribution in [2.45, 2.75) is 53.0 Å². The molecule has 1 aliphatic heterocycles. The Balaban J connectivity index is 1.85. The number of amides is 1. The minimum Gasteiger partial charge on any atom is -0.480 e. The van der Waals surface area contributed by atoms with Gasteiger partial charge < -0.3 is 10.0 Å². The lowest BCUT2D eigenvalue weighted by molar-refractivity contribution is -0.229. The molecule has 5 nitrogen and oxygen atoms in total. The number of nitrogens with zero attached hydrogens (tertiary/aromatic N) is 2. The molecule has 182 valence electrons. The molecule has 4 rings (SSSR count). The van der Waals surface area contributed by atoms with E-state index in [4.69, 9.17) is 0 Å². The average molecular weight is 471 g/mol. The third-order valence-electron chi connectivity index (χ3n) is 7.25. The topological polar surface area (TPSA) is 60.9 Å². The van der Waals surface area contributed by atoms with Crippen LogP contribution in [0.3, 0.4) is 0 Å². The molecule has 1 amide bonds. The highest BCUT2D eigenvalue weighted by molar-refractivity contribution is 6.08. The molecule has 0 bridgehead atoms. The standard InChI is InChI=1S/C30H34N2O3/c1-22(25-18-12-7-13-19-25)32-26(30(27(32)33,28(34)35)29(2,3)4)31(20-23-14-8-5-9-15-23)21-24-16-10-6-11-17-24/h5-19,22,26H,20-21H2,1-4H3,(H,34,35).